The Labute approximate surface area is 201 Å². The van der Waals surface area contributed by atoms with Gasteiger partial charge in [-0.05, 0) is 44.9 Å². The fourth-order valence-electron chi connectivity index (χ4n) is 4.25. The summed E-state index contributed by atoms with van der Waals surface area (Å²) in [6.45, 7) is 1.33. The molecule has 0 bridgehead atoms. The molecule has 10 heteroatoms. The van der Waals surface area contributed by atoms with Crippen LogP contribution in [0.15, 0.2) is 0 Å². The molecule has 0 aliphatic carbocycles. The van der Waals surface area contributed by atoms with E-state index in [4.69, 9.17) is 5.11 Å². The van der Waals surface area contributed by atoms with E-state index in [1.807, 2.05) is 11.8 Å². The van der Waals surface area contributed by atoms with Crippen LogP contribution in [0.1, 0.15) is 83.5 Å². The Kier molecular flexibility index (Phi) is 13.1. The minimum absolute atomic E-state index is 0.0552. The SMILES string of the molecule is O=C(O)CCCCCCC(=O)NCCCCCNC(=O)CCCC[C@@H]1SC[C@@H]2NC(=O)N[C@@H]21. The van der Waals surface area contributed by atoms with Crippen molar-refractivity contribution in [3.8, 4) is 0 Å². The third-order valence-corrected chi connectivity index (χ3v) is 7.63. The van der Waals surface area contributed by atoms with Gasteiger partial charge in [-0.1, -0.05) is 19.3 Å². The maximum absolute atomic E-state index is 12.0. The molecule has 4 amide bonds. The highest BCUT2D eigenvalue weighted by atomic mass is 32.2. The summed E-state index contributed by atoms with van der Waals surface area (Å²) >= 11 is 1.91. The van der Waals surface area contributed by atoms with Gasteiger partial charge in [0.25, 0.3) is 0 Å². The first-order valence-corrected chi connectivity index (χ1v) is 13.4. The predicted molar refractivity (Wildman–Crippen MR) is 129 cm³/mol. The largest absolute Gasteiger partial charge is 0.481 e. The fourth-order valence-corrected chi connectivity index (χ4v) is 5.79. The number of carbonyl (C=O) groups excluding carboxylic acids is 3. The van der Waals surface area contributed by atoms with Gasteiger partial charge in [0.2, 0.25) is 11.8 Å². The van der Waals surface area contributed by atoms with Crippen LogP contribution >= 0.6 is 11.8 Å². The zero-order valence-corrected chi connectivity index (χ0v) is 20.4. The van der Waals surface area contributed by atoms with Crippen molar-refractivity contribution in [2.75, 3.05) is 18.8 Å². The summed E-state index contributed by atoms with van der Waals surface area (Å²) in [5.41, 5.74) is 0. The van der Waals surface area contributed by atoms with Gasteiger partial charge in [0.15, 0.2) is 0 Å². The third-order valence-electron chi connectivity index (χ3n) is 6.12. The van der Waals surface area contributed by atoms with E-state index in [2.05, 4.69) is 21.3 Å². The maximum atomic E-state index is 12.0. The molecule has 2 heterocycles. The lowest BCUT2D eigenvalue weighted by Crippen LogP contribution is -2.36. The minimum atomic E-state index is -0.764. The first-order chi connectivity index (χ1) is 16.0. The molecule has 0 saturated carbocycles. The summed E-state index contributed by atoms with van der Waals surface area (Å²) in [5.74, 6) is 0.354. The maximum Gasteiger partial charge on any atom is 0.315 e. The number of amides is 4. The number of carboxylic acid groups (broad SMARTS) is 1. The zero-order valence-electron chi connectivity index (χ0n) is 19.5. The van der Waals surface area contributed by atoms with Crippen LogP contribution in [0.4, 0.5) is 4.79 Å². The molecule has 2 aliphatic heterocycles. The number of carbonyl (C=O) groups is 4. The fraction of sp³-hybridized carbons (Fsp3) is 0.826. The number of hydrogen-bond acceptors (Lipinski definition) is 5. The van der Waals surface area contributed by atoms with Crippen molar-refractivity contribution in [3.05, 3.63) is 0 Å². The first-order valence-electron chi connectivity index (χ1n) is 12.4. The van der Waals surface area contributed by atoms with E-state index in [9.17, 15) is 19.2 Å². The van der Waals surface area contributed by atoms with E-state index in [1.54, 1.807) is 0 Å². The Morgan fingerprint density at radius 1 is 0.818 bits per heavy atom. The van der Waals surface area contributed by atoms with Crippen LogP contribution in [0.25, 0.3) is 0 Å². The second-order valence-electron chi connectivity index (χ2n) is 8.94. The van der Waals surface area contributed by atoms with Crippen LogP contribution < -0.4 is 21.3 Å². The molecule has 0 radical (unpaired) electrons. The topological polar surface area (TPSA) is 137 Å². The van der Waals surface area contributed by atoms with E-state index in [0.29, 0.717) is 37.6 Å². The first kappa shape index (κ1) is 27.3. The Hall–Kier alpha value is -1.97. The standard InChI is InChI=1S/C23H40N4O5S/c28-19(11-4-1-2-5-13-21(30)31)24-14-8-3-9-15-25-20(29)12-7-6-10-18-22-17(16-33-18)26-23(32)27-22/h17-18,22H,1-16H2,(H,24,28)(H,25,29)(H,30,31)(H2,26,27,32)/t17-,18-,22-/m0/s1. The number of rotatable bonds is 18. The molecule has 3 atom stereocenters. The molecule has 9 nitrogen and oxygen atoms in total. The lowest BCUT2D eigenvalue weighted by Gasteiger charge is -2.16. The summed E-state index contributed by atoms with van der Waals surface area (Å²) in [7, 11) is 0. The van der Waals surface area contributed by atoms with Crippen molar-refractivity contribution in [3.63, 3.8) is 0 Å². The molecular weight excluding hydrogens is 444 g/mol. The highest BCUT2D eigenvalue weighted by Gasteiger charge is 2.42. The molecule has 2 aliphatic rings. The second-order valence-corrected chi connectivity index (χ2v) is 10.2. The molecule has 33 heavy (non-hydrogen) atoms. The van der Waals surface area contributed by atoms with Gasteiger partial charge in [0.05, 0.1) is 12.1 Å². The van der Waals surface area contributed by atoms with Crippen molar-refractivity contribution in [2.24, 2.45) is 0 Å². The second kappa shape index (κ2) is 15.8. The average molecular weight is 485 g/mol. The number of fused-ring (bicyclic) bond motifs is 1. The number of thioether (sulfide) groups is 1. The van der Waals surface area contributed by atoms with Crippen molar-refractivity contribution in [2.45, 2.75) is 101 Å². The van der Waals surface area contributed by atoms with Crippen LogP contribution in [0.5, 0.6) is 0 Å². The molecule has 0 aromatic rings. The van der Waals surface area contributed by atoms with Gasteiger partial charge in [-0.15, -0.1) is 0 Å². The van der Waals surface area contributed by atoms with E-state index >= 15 is 0 Å². The van der Waals surface area contributed by atoms with E-state index in [-0.39, 0.29) is 36.3 Å². The van der Waals surface area contributed by atoms with Gasteiger partial charge >= 0.3 is 12.0 Å². The monoisotopic (exact) mass is 484 g/mol. The van der Waals surface area contributed by atoms with Crippen LogP contribution in [0.2, 0.25) is 0 Å². The van der Waals surface area contributed by atoms with Gasteiger partial charge in [-0.25, -0.2) is 4.79 Å². The number of hydrogen-bond donors (Lipinski definition) is 5. The summed E-state index contributed by atoms with van der Waals surface area (Å²) in [6, 6.07) is 0.432. The smallest absolute Gasteiger partial charge is 0.315 e. The van der Waals surface area contributed by atoms with Gasteiger partial charge in [0.1, 0.15) is 0 Å². The summed E-state index contributed by atoms with van der Waals surface area (Å²) in [4.78, 5) is 45.5. The van der Waals surface area contributed by atoms with Crippen LogP contribution in [0.3, 0.4) is 0 Å². The van der Waals surface area contributed by atoms with E-state index in [1.165, 1.54) is 0 Å². The summed E-state index contributed by atoms with van der Waals surface area (Å²) in [6.07, 6.45) is 10.1. The Balaban J connectivity index is 1.33. The summed E-state index contributed by atoms with van der Waals surface area (Å²) < 4.78 is 0. The van der Waals surface area contributed by atoms with E-state index in [0.717, 1.165) is 63.5 Å². The number of unbranched alkanes of at least 4 members (excludes halogenated alkanes) is 6. The van der Waals surface area contributed by atoms with Crippen molar-refractivity contribution >= 4 is 35.6 Å². The molecule has 0 aromatic carbocycles. The van der Waals surface area contributed by atoms with Crippen molar-refractivity contribution < 1.29 is 24.3 Å². The molecule has 2 fully saturated rings. The average Bonchev–Trinajstić information content (AvgIpc) is 3.32. The quantitative estimate of drug-likeness (QED) is 0.150. The highest BCUT2D eigenvalue weighted by Crippen LogP contribution is 2.33. The van der Waals surface area contributed by atoms with Crippen molar-refractivity contribution in [1.82, 2.24) is 21.3 Å². The van der Waals surface area contributed by atoms with Gasteiger partial charge in [-0.3, -0.25) is 14.4 Å². The highest BCUT2D eigenvalue weighted by molar-refractivity contribution is 8.00. The molecule has 5 N–H and O–H groups in total. The lowest BCUT2D eigenvalue weighted by molar-refractivity contribution is -0.137. The minimum Gasteiger partial charge on any atom is -0.481 e. The van der Waals surface area contributed by atoms with Gasteiger partial charge < -0.3 is 26.4 Å². The lowest BCUT2D eigenvalue weighted by atomic mass is 10.0. The number of nitrogens with one attached hydrogen (secondary N) is 4. The predicted octanol–water partition coefficient (Wildman–Crippen LogP) is 2.54. The molecule has 2 saturated heterocycles. The third kappa shape index (κ3) is 11.6. The molecule has 0 aromatic heterocycles. The van der Waals surface area contributed by atoms with Gasteiger partial charge in [-0.2, -0.15) is 11.8 Å². The Bertz CT molecular complexity index is 648. The van der Waals surface area contributed by atoms with Crippen molar-refractivity contribution in [1.29, 1.82) is 0 Å². The van der Waals surface area contributed by atoms with Crippen LogP contribution in [-0.4, -0.2) is 65.1 Å². The zero-order chi connectivity index (χ0) is 23.9. The molecule has 0 spiro atoms. The molecule has 0 unspecified atom stereocenters. The van der Waals surface area contributed by atoms with E-state index < -0.39 is 5.97 Å². The number of carboxylic acids is 1. The van der Waals surface area contributed by atoms with Crippen LogP contribution in [0, 0.1) is 0 Å². The number of aliphatic carboxylic acids is 1. The Morgan fingerprint density at radius 2 is 1.39 bits per heavy atom. The Morgan fingerprint density at radius 3 is 2.03 bits per heavy atom. The van der Waals surface area contributed by atoms with Crippen LogP contribution in [-0.2, 0) is 14.4 Å². The van der Waals surface area contributed by atoms with Gasteiger partial charge in [0, 0.05) is 43.4 Å². The number of urea groups is 1. The normalized spacial score (nSPS) is 21.2. The molecule has 188 valence electrons. The molecule has 2 rings (SSSR count). The molecular formula is C23H40N4O5S. The summed E-state index contributed by atoms with van der Waals surface area (Å²) in [5, 5.41) is 20.8.